The zero-order chi connectivity index (χ0) is 11.0. The van der Waals surface area contributed by atoms with E-state index in [4.69, 9.17) is 0 Å². The van der Waals surface area contributed by atoms with E-state index in [1.807, 2.05) is 0 Å². The van der Waals surface area contributed by atoms with Crippen LogP contribution in [0.25, 0.3) is 0 Å². The van der Waals surface area contributed by atoms with Gasteiger partial charge in [-0.05, 0) is 37.0 Å². The average molecular weight is 198 g/mol. The molecule has 1 aliphatic rings. The van der Waals surface area contributed by atoms with Crippen LogP contribution in [0.2, 0.25) is 0 Å². The Morgan fingerprint density at radius 1 is 1.14 bits per heavy atom. The first-order chi connectivity index (χ1) is 6.42. The SMILES string of the molecule is CCC1(CC)C(O)CCC(C)C1(C)C. The maximum Gasteiger partial charge on any atom is 0.0601 e. The Hall–Kier alpha value is -0.0400. The molecule has 84 valence electrons. The Labute approximate surface area is 88.9 Å². The third-order valence-electron chi connectivity index (χ3n) is 5.29. The zero-order valence-corrected chi connectivity index (χ0v) is 10.4. The molecule has 2 unspecified atom stereocenters. The molecule has 1 heteroatoms. The lowest BCUT2D eigenvalue weighted by Crippen LogP contribution is -2.53. The summed E-state index contributed by atoms with van der Waals surface area (Å²) < 4.78 is 0. The maximum atomic E-state index is 10.3. The molecule has 1 rings (SSSR count). The minimum atomic E-state index is -0.0938. The van der Waals surface area contributed by atoms with Gasteiger partial charge in [0, 0.05) is 5.41 Å². The van der Waals surface area contributed by atoms with Crippen molar-refractivity contribution in [1.82, 2.24) is 0 Å². The van der Waals surface area contributed by atoms with Crippen molar-refractivity contribution >= 4 is 0 Å². The van der Waals surface area contributed by atoms with Gasteiger partial charge < -0.3 is 5.11 Å². The lowest BCUT2D eigenvalue weighted by molar-refractivity contribution is -0.129. The standard InChI is InChI=1S/C13H26O/c1-6-13(7-2)11(14)9-8-10(3)12(13,4)5/h10-11,14H,6-9H2,1-5H3. The molecule has 0 radical (unpaired) electrons. The third-order valence-corrected chi connectivity index (χ3v) is 5.29. The van der Waals surface area contributed by atoms with Gasteiger partial charge in [0.05, 0.1) is 6.10 Å². The highest BCUT2D eigenvalue weighted by atomic mass is 16.3. The van der Waals surface area contributed by atoms with Crippen LogP contribution in [-0.4, -0.2) is 11.2 Å². The first kappa shape index (κ1) is 12.0. The van der Waals surface area contributed by atoms with Crippen molar-refractivity contribution in [3.63, 3.8) is 0 Å². The summed E-state index contributed by atoms with van der Waals surface area (Å²) in [5.41, 5.74) is 0.416. The molecule has 0 amide bonds. The van der Waals surface area contributed by atoms with E-state index in [0.29, 0.717) is 0 Å². The fourth-order valence-corrected chi connectivity index (χ4v) is 3.60. The molecule has 0 bridgehead atoms. The van der Waals surface area contributed by atoms with Crippen molar-refractivity contribution < 1.29 is 5.11 Å². The van der Waals surface area contributed by atoms with Gasteiger partial charge in [0.1, 0.15) is 0 Å². The molecular weight excluding hydrogens is 172 g/mol. The minimum absolute atomic E-state index is 0.0938. The Morgan fingerprint density at radius 2 is 1.64 bits per heavy atom. The minimum Gasteiger partial charge on any atom is -0.393 e. The van der Waals surface area contributed by atoms with Crippen molar-refractivity contribution in [1.29, 1.82) is 0 Å². The molecule has 2 atom stereocenters. The van der Waals surface area contributed by atoms with E-state index < -0.39 is 0 Å². The summed E-state index contributed by atoms with van der Waals surface area (Å²) in [5.74, 6) is 0.728. The number of aliphatic hydroxyl groups excluding tert-OH is 1. The zero-order valence-electron chi connectivity index (χ0n) is 10.4. The van der Waals surface area contributed by atoms with Crippen LogP contribution in [0.15, 0.2) is 0 Å². The van der Waals surface area contributed by atoms with Gasteiger partial charge in [0.15, 0.2) is 0 Å². The lowest BCUT2D eigenvalue weighted by atomic mass is 9.50. The van der Waals surface area contributed by atoms with E-state index in [0.717, 1.165) is 25.2 Å². The largest absolute Gasteiger partial charge is 0.393 e. The van der Waals surface area contributed by atoms with Crippen LogP contribution in [0.4, 0.5) is 0 Å². The molecule has 0 aliphatic heterocycles. The quantitative estimate of drug-likeness (QED) is 0.718. The van der Waals surface area contributed by atoms with E-state index in [9.17, 15) is 5.11 Å². The molecule has 14 heavy (non-hydrogen) atoms. The molecule has 1 aliphatic carbocycles. The number of rotatable bonds is 2. The van der Waals surface area contributed by atoms with E-state index in [-0.39, 0.29) is 16.9 Å². The Balaban J connectivity index is 3.06. The van der Waals surface area contributed by atoms with Crippen LogP contribution >= 0.6 is 0 Å². The number of hydrogen-bond donors (Lipinski definition) is 1. The summed E-state index contributed by atoms with van der Waals surface area (Å²) in [5, 5.41) is 10.3. The normalized spacial score (nSPS) is 35.6. The topological polar surface area (TPSA) is 20.2 Å². The van der Waals surface area contributed by atoms with Gasteiger partial charge in [-0.1, -0.05) is 34.6 Å². The van der Waals surface area contributed by atoms with Crippen molar-refractivity contribution in [2.75, 3.05) is 0 Å². The van der Waals surface area contributed by atoms with Crippen molar-refractivity contribution in [2.24, 2.45) is 16.7 Å². The van der Waals surface area contributed by atoms with Gasteiger partial charge in [-0.2, -0.15) is 0 Å². The molecule has 1 nitrogen and oxygen atoms in total. The fourth-order valence-electron chi connectivity index (χ4n) is 3.60. The molecule has 0 heterocycles. The van der Waals surface area contributed by atoms with E-state index in [1.54, 1.807) is 0 Å². The average Bonchev–Trinajstić information content (AvgIpc) is 2.14. The lowest BCUT2D eigenvalue weighted by Gasteiger charge is -2.56. The van der Waals surface area contributed by atoms with Crippen LogP contribution in [-0.2, 0) is 0 Å². The van der Waals surface area contributed by atoms with Crippen molar-refractivity contribution in [3.8, 4) is 0 Å². The van der Waals surface area contributed by atoms with Crippen LogP contribution in [0.3, 0.4) is 0 Å². The van der Waals surface area contributed by atoms with Crippen LogP contribution < -0.4 is 0 Å². The monoisotopic (exact) mass is 198 g/mol. The summed E-state index contributed by atoms with van der Waals surface area (Å²) in [6.45, 7) is 11.5. The summed E-state index contributed by atoms with van der Waals surface area (Å²) in [6.07, 6.45) is 4.27. The molecule has 0 aromatic carbocycles. The molecule has 1 fully saturated rings. The number of aliphatic hydroxyl groups is 1. The molecule has 1 saturated carbocycles. The summed E-state index contributed by atoms with van der Waals surface area (Å²) in [6, 6.07) is 0. The van der Waals surface area contributed by atoms with Crippen molar-refractivity contribution in [3.05, 3.63) is 0 Å². The molecule has 0 aromatic heterocycles. The molecule has 0 spiro atoms. The second-order valence-electron chi connectivity index (χ2n) is 5.58. The molecule has 0 saturated heterocycles. The van der Waals surface area contributed by atoms with Gasteiger partial charge in [0.2, 0.25) is 0 Å². The third kappa shape index (κ3) is 1.41. The van der Waals surface area contributed by atoms with Gasteiger partial charge in [0.25, 0.3) is 0 Å². The second-order valence-corrected chi connectivity index (χ2v) is 5.58. The maximum absolute atomic E-state index is 10.3. The molecule has 1 N–H and O–H groups in total. The fraction of sp³-hybridized carbons (Fsp3) is 1.00. The number of hydrogen-bond acceptors (Lipinski definition) is 1. The highest BCUT2D eigenvalue weighted by Crippen LogP contribution is 2.56. The summed E-state index contributed by atoms with van der Waals surface area (Å²) in [4.78, 5) is 0. The van der Waals surface area contributed by atoms with Crippen molar-refractivity contribution in [2.45, 2.75) is 66.4 Å². The predicted molar refractivity (Wildman–Crippen MR) is 61.2 cm³/mol. The second kappa shape index (κ2) is 3.84. The Bertz CT molecular complexity index is 191. The van der Waals surface area contributed by atoms with Gasteiger partial charge in [-0.3, -0.25) is 0 Å². The first-order valence-corrected chi connectivity index (χ1v) is 6.10. The van der Waals surface area contributed by atoms with Crippen LogP contribution in [0.5, 0.6) is 0 Å². The van der Waals surface area contributed by atoms with Crippen LogP contribution in [0, 0.1) is 16.7 Å². The van der Waals surface area contributed by atoms with E-state index in [1.165, 1.54) is 6.42 Å². The molecule has 0 aromatic rings. The predicted octanol–water partition coefficient (Wildman–Crippen LogP) is 3.61. The molecular formula is C13H26O. The summed E-state index contributed by atoms with van der Waals surface area (Å²) >= 11 is 0. The highest BCUT2D eigenvalue weighted by molar-refractivity contribution is 5.01. The highest BCUT2D eigenvalue weighted by Gasteiger charge is 2.52. The Kier molecular flexibility index (Phi) is 3.30. The summed E-state index contributed by atoms with van der Waals surface area (Å²) in [7, 11) is 0. The van der Waals surface area contributed by atoms with E-state index >= 15 is 0 Å². The van der Waals surface area contributed by atoms with Gasteiger partial charge in [-0.15, -0.1) is 0 Å². The van der Waals surface area contributed by atoms with Crippen LogP contribution in [0.1, 0.15) is 60.3 Å². The Morgan fingerprint density at radius 3 is 2.00 bits per heavy atom. The van der Waals surface area contributed by atoms with E-state index in [2.05, 4.69) is 34.6 Å². The van der Waals surface area contributed by atoms with Gasteiger partial charge in [-0.25, -0.2) is 0 Å². The smallest absolute Gasteiger partial charge is 0.0601 e. The first-order valence-electron chi connectivity index (χ1n) is 6.10. The van der Waals surface area contributed by atoms with Gasteiger partial charge >= 0.3 is 0 Å².